The van der Waals surface area contributed by atoms with Crippen LogP contribution in [0.2, 0.25) is 0 Å². The van der Waals surface area contributed by atoms with E-state index in [1.165, 1.54) is 12.8 Å². The highest BCUT2D eigenvalue weighted by Crippen LogP contribution is 2.18. The molecule has 88 valence electrons. The van der Waals surface area contributed by atoms with Crippen LogP contribution in [0.3, 0.4) is 0 Å². The van der Waals surface area contributed by atoms with E-state index in [4.69, 9.17) is 0 Å². The van der Waals surface area contributed by atoms with Crippen LogP contribution in [0.5, 0.6) is 0 Å². The molecule has 0 atom stereocenters. The van der Waals surface area contributed by atoms with Crippen LogP contribution >= 0.6 is 0 Å². The lowest BCUT2D eigenvalue weighted by Crippen LogP contribution is -2.16. The molecule has 4 nitrogen and oxygen atoms in total. The number of hydrogen-bond acceptors (Lipinski definition) is 3. The van der Waals surface area contributed by atoms with E-state index in [-0.39, 0.29) is 0 Å². The summed E-state index contributed by atoms with van der Waals surface area (Å²) in [7, 11) is 0. The fourth-order valence-corrected chi connectivity index (χ4v) is 1.68. The van der Waals surface area contributed by atoms with E-state index in [2.05, 4.69) is 34.5 Å². The number of aryl methyl sites for hydroxylation is 1. The molecule has 0 radical (unpaired) electrons. The quantitative estimate of drug-likeness (QED) is 0.560. The van der Waals surface area contributed by atoms with Gasteiger partial charge in [-0.15, -0.1) is 0 Å². The Morgan fingerprint density at radius 3 is 3.12 bits per heavy atom. The van der Waals surface area contributed by atoms with Gasteiger partial charge in [0.2, 0.25) is 0 Å². The third-order valence-electron chi connectivity index (χ3n) is 2.78. The van der Waals surface area contributed by atoms with Gasteiger partial charge >= 0.3 is 0 Å². The Hall–Kier alpha value is -1.16. The first-order valence-corrected chi connectivity index (χ1v) is 6.15. The topological polar surface area (TPSA) is 42.7 Å². The Labute approximate surface area is 96.8 Å². The van der Waals surface area contributed by atoms with E-state index < -0.39 is 0 Å². The zero-order valence-electron chi connectivity index (χ0n) is 9.89. The monoisotopic (exact) mass is 220 g/mol. The maximum absolute atomic E-state index is 4.23. The van der Waals surface area contributed by atoms with Crippen LogP contribution in [-0.4, -0.2) is 27.4 Å². The van der Waals surface area contributed by atoms with Crippen LogP contribution in [-0.2, 0) is 13.0 Å². The van der Waals surface area contributed by atoms with Crippen molar-refractivity contribution in [3.8, 4) is 0 Å². The van der Waals surface area contributed by atoms with Gasteiger partial charge in [0, 0.05) is 19.0 Å². The lowest BCUT2D eigenvalue weighted by atomic mass is 10.3. The predicted molar refractivity (Wildman–Crippen MR) is 64.2 cm³/mol. The van der Waals surface area contributed by atoms with Gasteiger partial charge in [-0.05, 0) is 32.7 Å². The molecule has 0 bridgehead atoms. The predicted octanol–water partition coefficient (Wildman–Crippen LogP) is 1.54. The first-order valence-electron chi connectivity index (χ1n) is 6.15. The van der Waals surface area contributed by atoms with Crippen molar-refractivity contribution in [3.63, 3.8) is 0 Å². The second-order valence-corrected chi connectivity index (χ2v) is 4.18. The molecule has 16 heavy (non-hydrogen) atoms. The maximum Gasteiger partial charge on any atom is 0.138 e. The zero-order valence-corrected chi connectivity index (χ0v) is 9.89. The van der Waals surface area contributed by atoms with Crippen molar-refractivity contribution < 1.29 is 0 Å². The lowest BCUT2D eigenvalue weighted by Gasteiger charge is -1.99. The SMILES string of the molecule is CCn1ncnc1CC=CCCNC1CC1. The summed E-state index contributed by atoms with van der Waals surface area (Å²) >= 11 is 0. The van der Waals surface area contributed by atoms with Crippen molar-refractivity contribution in [3.05, 3.63) is 24.3 Å². The van der Waals surface area contributed by atoms with Gasteiger partial charge in [-0.2, -0.15) is 5.10 Å². The highest BCUT2D eigenvalue weighted by atomic mass is 15.3. The molecule has 4 heteroatoms. The van der Waals surface area contributed by atoms with Gasteiger partial charge in [0.25, 0.3) is 0 Å². The summed E-state index contributed by atoms with van der Waals surface area (Å²) in [5.41, 5.74) is 0. The molecular formula is C12H20N4. The number of hydrogen-bond donors (Lipinski definition) is 1. The molecule has 0 spiro atoms. The average Bonchev–Trinajstić information content (AvgIpc) is 3.01. The fraction of sp³-hybridized carbons (Fsp3) is 0.667. The molecule has 1 aromatic heterocycles. The molecule has 0 aromatic carbocycles. The summed E-state index contributed by atoms with van der Waals surface area (Å²) in [6, 6.07) is 0.816. The van der Waals surface area contributed by atoms with Gasteiger partial charge in [-0.3, -0.25) is 4.68 Å². The maximum atomic E-state index is 4.23. The minimum Gasteiger partial charge on any atom is -0.314 e. The summed E-state index contributed by atoms with van der Waals surface area (Å²) in [5.74, 6) is 1.05. The van der Waals surface area contributed by atoms with Gasteiger partial charge in [0.15, 0.2) is 0 Å². The molecule has 0 amide bonds. The summed E-state index contributed by atoms with van der Waals surface area (Å²) in [5, 5.41) is 7.63. The summed E-state index contributed by atoms with van der Waals surface area (Å²) in [4.78, 5) is 4.23. The molecule has 0 aliphatic heterocycles. The third-order valence-corrected chi connectivity index (χ3v) is 2.78. The van der Waals surface area contributed by atoms with E-state index in [1.807, 2.05) is 4.68 Å². The number of nitrogens with one attached hydrogen (secondary N) is 1. The molecule has 0 saturated heterocycles. The van der Waals surface area contributed by atoms with Crippen LogP contribution in [0.1, 0.15) is 32.0 Å². The van der Waals surface area contributed by atoms with Crippen molar-refractivity contribution in [2.75, 3.05) is 6.54 Å². The number of nitrogens with zero attached hydrogens (tertiary/aromatic N) is 3. The zero-order chi connectivity index (χ0) is 11.2. The Kier molecular flexibility index (Phi) is 4.10. The summed E-state index contributed by atoms with van der Waals surface area (Å²) < 4.78 is 1.94. The smallest absolute Gasteiger partial charge is 0.138 e. The Bertz CT molecular complexity index is 339. The van der Waals surface area contributed by atoms with Crippen molar-refractivity contribution >= 4 is 0 Å². The Morgan fingerprint density at radius 2 is 2.38 bits per heavy atom. The Balaban J connectivity index is 1.63. The van der Waals surface area contributed by atoms with E-state index in [0.29, 0.717) is 0 Å². The molecule has 1 aromatic rings. The minimum atomic E-state index is 0.816. The van der Waals surface area contributed by atoms with E-state index in [1.54, 1.807) is 6.33 Å². The van der Waals surface area contributed by atoms with Crippen molar-refractivity contribution in [1.82, 2.24) is 20.1 Å². The molecule has 1 heterocycles. The average molecular weight is 220 g/mol. The normalized spacial score (nSPS) is 16.1. The molecule has 0 unspecified atom stereocenters. The summed E-state index contributed by atoms with van der Waals surface area (Å²) in [6.45, 7) is 4.08. The van der Waals surface area contributed by atoms with Crippen LogP contribution < -0.4 is 5.32 Å². The van der Waals surface area contributed by atoms with Gasteiger partial charge in [-0.1, -0.05) is 12.2 Å². The van der Waals surface area contributed by atoms with Crippen LogP contribution in [0.25, 0.3) is 0 Å². The van der Waals surface area contributed by atoms with E-state index in [9.17, 15) is 0 Å². The fourth-order valence-electron chi connectivity index (χ4n) is 1.68. The molecule has 1 saturated carbocycles. The second kappa shape index (κ2) is 5.80. The second-order valence-electron chi connectivity index (χ2n) is 4.18. The number of allylic oxidation sites excluding steroid dienone is 1. The van der Waals surface area contributed by atoms with Crippen molar-refractivity contribution in [1.29, 1.82) is 0 Å². The molecule has 1 aliphatic carbocycles. The molecule has 1 fully saturated rings. The van der Waals surface area contributed by atoms with Crippen LogP contribution in [0.15, 0.2) is 18.5 Å². The minimum absolute atomic E-state index is 0.816. The largest absolute Gasteiger partial charge is 0.314 e. The number of rotatable bonds is 7. The lowest BCUT2D eigenvalue weighted by molar-refractivity contribution is 0.626. The molecule has 1 N–H and O–H groups in total. The highest BCUT2D eigenvalue weighted by molar-refractivity contribution is 4.96. The van der Waals surface area contributed by atoms with E-state index >= 15 is 0 Å². The summed E-state index contributed by atoms with van der Waals surface area (Å²) in [6.07, 6.45) is 10.8. The van der Waals surface area contributed by atoms with Crippen LogP contribution in [0, 0.1) is 0 Å². The van der Waals surface area contributed by atoms with Crippen LogP contribution in [0.4, 0.5) is 0 Å². The highest BCUT2D eigenvalue weighted by Gasteiger charge is 2.19. The standard InChI is InChI=1S/C12H20N4/c1-2-16-12(14-10-15-16)6-4-3-5-9-13-11-7-8-11/h3-4,10-11,13H,2,5-9H2,1H3. The molecule has 2 rings (SSSR count). The first kappa shape index (κ1) is 11.3. The van der Waals surface area contributed by atoms with Gasteiger partial charge in [0.1, 0.15) is 12.2 Å². The van der Waals surface area contributed by atoms with Gasteiger partial charge in [-0.25, -0.2) is 4.98 Å². The van der Waals surface area contributed by atoms with Crippen molar-refractivity contribution in [2.24, 2.45) is 0 Å². The number of aromatic nitrogens is 3. The molecular weight excluding hydrogens is 200 g/mol. The van der Waals surface area contributed by atoms with Gasteiger partial charge < -0.3 is 5.32 Å². The molecule has 1 aliphatic rings. The van der Waals surface area contributed by atoms with Crippen molar-refractivity contribution in [2.45, 2.75) is 45.2 Å². The Morgan fingerprint density at radius 1 is 1.50 bits per heavy atom. The van der Waals surface area contributed by atoms with E-state index in [0.717, 1.165) is 37.8 Å². The third kappa shape index (κ3) is 3.45. The van der Waals surface area contributed by atoms with Gasteiger partial charge in [0.05, 0.1) is 0 Å². The first-order chi connectivity index (χ1) is 7.90.